The molecule has 2 atom stereocenters. The molecule has 0 bridgehead atoms. The van der Waals surface area contributed by atoms with Crippen LogP contribution in [0.25, 0.3) is 0 Å². The summed E-state index contributed by atoms with van der Waals surface area (Å²) in [6, 6.07) is 11.4. The van der Waals surface area contributed by atoms with Gasteiger partial charge in [0.05, 0.1) is 22.4 Å². The molecule has 2 heterocycles. The number of benzene rings is 2. The molecule has 2 fully saturated rings. The lowest BCUT2D eigenvalue weighted by Crippen LogP contribution is -2.59. The van der Waals surface area contributed by atoms with Crippen molar-refractivity contribution in [1.82, 2.24) is 9.21 Å². The molecule has 4 rings (SSSR count). The number of sulfone groups is 1. The molecule has 0 aromatic heterocycles. The number of halogens is 3. The topological polar surface area (TPSA) is 98.2 Å². The summed E-state index contributed by atoms with van der Waals surface area (Å²) < 4.78 is 92.0. The monoisotopic (exact) mass is 593 g/mol. The number of rotatable bonds is 6. The number of hydrogen-bond acceptors (Lipinski definition) is 8. The average molecular weight is 594 g/mol. The Hall–Kier alpha value is -1.84. The van der Waals surface area contributed by atoms with Gasteiger partial charge in [-0.1, -0.05) is 24.3 Å². The van der Waals surface area contributed by atoms with E-state index in [9.17, 15) is 35.1 Å². The second-order valence-corrected chi connectivity index (χ2v) is 14.4. The number of nitrogens with zero attached hydrogens (tertiary/aromatic N) is 3. The molecule has 38 heavy (non-hydrogen) atoms. The van der Waals surface area contributed by atoms with Crippen LogP contribution in [0.3, 0.4) is 0 Å². The number of sulfonamides is 1. The van der Waals surface area contributed by atoms with E-state index >= 15 is 0 Å². The summed E-state index contributed by atoms with van der Waals surface area (Å²) in [7, 11) is -6.99. The van der Waals surface area contributed by atoms with E-state index in [1.54, 1.807) is 18.2 Å². The van der Waals surface area contributed by atoms with Crippen molar-refractivity contribution in [2.24, 2.45) is 0 Å². The summed E-state index contributed by atoms with van der Waals surface area (Å²) in [4.78, 5) is 4.29. The van der Waals surface area contributed by atoms with Gasteiger partial charge in [0.2, 0.25) is 10.0 Å². The number of aliphatic hydroxyl groups is 1. The third kappa shape index (κ3) is 5.99. The fourth-order valence-corrected chi connectivity index (χ4v) is 8.06. The first-order valence-electron chi connectivity index (χ1n) is 12.0. The molecule has 0 unspecified atom stereocenters. The maximum absolute atomic E-state index is 13.5. The van der Waals surface area contributed by atoms with Crippen LogP contribution in [0.4, 0.5) is 18.9 Å². The minimum Gasteiger partial charge on any atom is -0.376 e. The molecule has 0 saturated carbocycles. The maximum Gasteiger partial charge on any atom is 0.421 e. The first-order valence-corrected chi connectivity index (χ1v) is 15.7. The minimum absolute atomic E-state index is 0.00990. The second-order valence-electron chi connectivity index (χ2n) is 9.75. The van der Waals surface area contributed by atoms with Crippen molar-refractivity contribution < 1.29 is 35.1 Å². The summed E-state index contributed by atoms with van der Waals surface area (Å²) in [6.07, 6.45) is -4.85. The Morgan fingerprint density at radius 2 is 1.61 bits per heavy atom. The summed E-state index contributed by atoms with van der Waals surface area (Å²) in [6.45, 7) is 2.18. The first kappa shape index (κ1) is 29.2. The zero-order valence-electron chi connectivity index (χ0n) is 20.7. The molecule has 2 aromatic carbocycles. The van der Waals surface area contributed by atoms with Gasteiger partial charge in [-0.2, -0.15) is 17.5 Å². The quantitative estimate of drug-likeness (QED) is 0.497. The highest BCUT2D eigenvalue weighted by atomic mass is 32.2. The van der Waals surface area contributed by atoms with Crippen LogP contribution in [-0.2, 0) is 25.5 Å². The Labute approximate surface area is 226 Å². The van der Waals surface area contributed by atoms with Gasteiger partial charge in [-0.25, -0.2) is 16.8 Å². The normalized spacial score (nSPS) is 23.2. The van der Waals surface area contributed by atoms with Crippen LogP contribution in [-0.4, -0.2) is 94.1 Å². The van der Waals surface area contributed by atoms with Crippen LogP contribution in [0, 0.1) is 0 Å². The molecule has 210 valence electrons. The summed E-state index contributed by atoms with van der Waals surface area (Å²) >= 11 is 4.30. The lowest BCUT2D eigenvalue weighted by Gasteiger charge is -2.44. The van der Waals surface area contributed by atoms with Gasteiger partial charge in [0.25, 0.3) is 0 Å². The van der Waals surface area contributed by atoms with Crippen LogP contribution in [0.15, 0.2) is 58.3 Å². The molecule has 2 aromatic rings. The molecule has 0 amide bonds. The number of alkyl halides is 3. The Balaban J connectivity index is 1.61. The molecular formula is C24H30F3N3O5S3. The van der Waals surface area contributed by atoms with Crippen molar-refractivity contribution >= 4 is 38.2 Å². The third-order valence-corrected chi connectivity index (χ3v) is 11.2. The van der Waals surface area contributed by atoms with Crippen molar-refractivity contribution in [2.75, 3.05) is 55.7 Å². The molecule has 8 nitrogen and oxygen atoms in total. The van der Waals surface area contributed by atoms with E-state index in [0.29, 0.717) is 37.1 Å². The highest BCUT2D eigenvalue weighted by molar-refractivity contribution is 7.91. The van der Waals surface area contributed by atoms with Gasteiger partial charge in [0.15, 0.2) is 15.4 Å². The van der Waals surface area contributed by atoms with Gasteiger partial charge >= 0.3 is 6.18 Å². The van der Waals surface area contributed by atoms with Gasteiger partial charge < -0.3 is 10.0 Å². The van der Waals surface area contributed by atoms with Crippen molar-refractivity contribution in [1.29, 1.82) is 0 Å². The van der Waals surface area contributed by atoms with Crippen molar-refractivity contribution in [3.63, 3.8) is 0 Å². The van der Waals surface area contributed by atoms with E-state index in [4.69, 9.17) is 0 Å². The van der Waals surface area contributed by atoms with Gasteiger partial charge in [-0.05, 0) is 36.8 Å². The van der Waals surface area contributed by atoms with Crippen molar-refractivity contribution in [2.45, 2.75) is 34.5 Å². The number of anilines is 1. The van der Waals surface area contributed by atoms with E-state index in [1.165, 1.54) is 34.6 Å². The van der Waals surface area contributed by atoms with Gasteiger partial charge in [0.1, 0.15) is 0 Å². The molecule has 14 heteroatoms. The maximum atomic E-state index is 13.5. The highest BCUT2D eigenvalue weighted by Crippen LogP contribution is 2.39. The smallest absolute Gasteiger partial charge is 0.376 e. The Morgan fingerprint density at radius 3 is 2.18 bits per heavy atom. The van der Waals surface area contributed by atoms with Gasteiger partial charge in [-0.3, -0.25) is 4.90 Å². The van der Waals surface area contributed by atoms with Gasteiger partial charge in [-0.15, -0.1) is 12.6 Å². The molecule has 2 aliphatic rings. The zero-order chi connectivity index (χ0) is 27.9. The molecule has 0 spiro atoms. The van der Waals surface area contributed by atoms with Crippen LogP contribution in [0.1, 0.15) is 12.5 Å². The fraction of sp³-hybridized carbons (Fsp3) is 0.500. The van der Waals surface area contributed by atoms with Crippen LogP contribution in [0.2, 0.25) is 0 Å². The average Bonchev–Trinajstić information content (AvgIpc) is 2.85. The molecule has 2 saturated heterocycles. The SMILES string of the molecule is C[C@@](O)(c1ccc(N2CCN(S(=O)(=O)c3ccccc3S)C[C@@H]2CN2CCS(=O)(=O)CC2)cc1)C(F)(F)F. The molecule has 1 N–H and O–H groups in total. The van der Waals surface area contributed by atoms with Crippen LogP contribution in [0.5, 0.6) is 0 Å². The van der Waals surface area contributed by atoms with E-state index in [0.717, 1.165) is 0 Å². The fourth-order valence-electron chi connectivity index (χ4n) is 4.73. The zero-order valence-corrected chi connectivity index (χ0v) is 23.2. The molecule has 0 aliphatic carbocycles. The molecular weight excluding hydrogens is 563 g/mol. The minimum atomic E-state index is -4.85. The lowest BCUT2D eigenvalue weighted by atomic mass is 9.95. The summed E-state index contributed by atoms with van der Waals surface area (Å²) in [5, 5.41) is 10.0. The van der Waals surface area contributed by atoms with Crippen LogP contribution >= 0.6 is 12.6 Å². The van der Waals surface area contributed by atoms with Gasteiger partial charge in [0, 0.05) is 49.9 Å². The van der Waals surface area contributed by atoms with E-state index in [2.05, 4.69) is 12.6 Å². The predicted molar refractivity (Wildman–Crippen MR) is 141 cm³/mol. The number of hydrogen-bond donors (Lipinski definition) is 2. The third-order valence-electron chi connectivity index (χ3n) is 7.15. The summed E-state index contributed by atoms with van der Waals surface area (Å²) in [5.74, 6) is 0.0198. The predicted octanol–water partition coefficient (Wildman–Crippen LogP) is 2.36. The van der Waals surface area contributed by atoms with Crippen LogP contribution < -0.4 is 4.90 Å². The molecule has 0 radical (unpaired) electrons. The van der Waals surface area contributed by atoms with Crippen molar-refractivity contribution in [3.8, 4) is 0 Å². The number of piperazine rings is 1. The lowest BCUT2D eigenvalue weighted by molar-refractivity contribution is -0.258. The second kappa shape index (κ2) is 10.6. The van der Waals surface area contributed by atoms with E-state index in [-0.39, 0.29) is 41.6 Å². The first-order chi connectivity index (χ1) is 17.6. The van der Waals surface area contributed by atoms with E-state index < -0.39 is 37.7 Å². The standard InChI is InChI=1S/C24H30F3N3O5S3/c1-23(31,24(25,26)27)18-6-8-19(9-7-18)30-11-10-29(38(34,35)22-5-3-2-4-21(22)36)17-20(30)16-28-12-14-37(32,33)15-13-28/h2-9,20,31,36H,10-17H2,1H3/t20-,23+/m0/s1. The summed E-state index contributed by atoms with van der Waals surface area (Å²) in [5.41, 5.74) is -2.75. The molecule has 2 aliphatic heterocycles. The Morgan fingerprint density at radius 1 is 1.00 bits per heavy atom. The Bertz CT molecular complexity index is 1350. The Kier molecular flexibility index (Phi) is 8.15. The highest BCUT2D eigenvalue weighted by Gasteiger charge is 2.51. The number of thiol groups is 1. The largest absolute Gasteiger partial charge is 0.421 e. The van der Waals surface area contributed by atoms with E-state index in [1.807, 2.05) is 9.80 Å². The van der Waals surface area contributed by atoms with Crippen molar-refractivity contribution in [3.05, 3.63) is 54.1 Å².